The van der Waals surface area contributed by atoms with Crippen molar-refractivity contribution in [1.82, 2.24) is 0 Å². The van der Waals surface area contributed by atoms with Gasteiger partial charge < -0.3 is 5.11 Å². The molecule has 3 fully saturated rings. The van der Waals surface area contributed by atoms with E-state index in [4.69, 9.17) is 5.11 Å². The molecule has 2 bridgehead atoms. The lowest BCUT2D eigenvalue weighted by molar-refractivity contribution is -0.156. The van der Waals surface area contributed by atoms with Gasteiger partial charge in [-0.25, -0.2) is 0 Å². The Labute approximate surface area is 85.0 Å². The molecule has 0 heterocycles. The van der Waals surface area contributed by atoms with Gasteiger partial charge in [0, 0.05) is 11.5 Å². The minimum atomic E-state index is -0.163. The van der Waals surface area contributed by atoms with Crippen LogP contribution in [0.4, 0.5) is 0 Å². The van der Waals surface area contributed by atoms with Gasteiger partial charge in [0.25, 0.3) is 0 Å². The zero-order valence-electron chi connectivity index (χ0n) is 9.29. The average Bonchev–Trinajstić information content (AvgIpc) is 2.00. The lowest BCUT2D eigenvalue weighted by Gasteiger charge is -2.63. The number of carbonyl (C=O) groups is 1. The maximum Gasteiger partial charge on any atom is 0.166 e. The van der Waals surface area contributed by atoms with Crippen molar-refractivity contribution < 1.29 is 9.90 Å². The van der Waals surface area contributed by atoms with Crippen LogP contribution in [0.25, 0.3) is 0 Å². The second-order valence-corrected chi connectivity index (χ2v) is 5.79. The molecule has 0 amide bonds. The fourth-order valence-corrected chi connectivity index (χ4v) is 3.52. The van der Waals surface area contributed by atoms with E-state index < -0.39 is 0 Å². The zero-order chi connectivity index (χ0) is 10.7. The topological polar surface area (TPSA) is 37.3 Å². The van der Waals surface area contributed by atoms with Gasteiger partial charge in [0.1, 0.15) is 0 Å². The molecule has 2 nitrogen and oxygen atoms in total. The normalized spacial score (nSPS) is 40.9. The SMILES string of the molecule is CC1(C)/C(=C/O)C(=O)[C@H]2C[C@@H]1C2(C)C. The minimum absolute atomic E-state index is 0.118. The van der Waals surface area contributed by atoms with E-state index in [1.807, 2.05) is 0 Å². The molecule has 0 aromatic rings. The first-order chi connectivity index (χ1) is 6.33. The molecule has 0 radical (unpaired) electrons. The third-order valence-electron chi connectivity index (χ3n) is 4.54. The van der Waals surface area contributed by atoms with Crippen LogP contribution < -0.4 is 0 Å². The number of hydrogen-bond donors (Lipinski definition) is 1. The van der Waals surface area contributed by atoms with Crippen molar-refractivity contribution in [2.75, 3.05) is 0 Å². The largest absolute Gasteiger partial charge is 0.515 e. The first kappa shape index (κ1) is 9.75. The van der Waals surface area contributed by atoms with Crippen LogP contribution in [0, 0.1) is 22.7 Å². The fraction of sp³-hybridized carbons (Fsp3) is 0.750. The summed E-state index contributed by atoms with van der Waals surface area (Å²) in [6.45, 7) is 8.46. The van der Waals surface area contributed by atoms with Gasteiger partial charge in [0.05, 0.1) is 6.26 Å². The van der Waals surface area contributed by atoms with Crippen molar-refractivity contribution in [3.05, 3.63) is 11.8 Å². The first-order valence-electron chi connectivity index (χ1n) is 5.22. The van der Waals surface area contributed by atoms with E-state index in [-0.39, 0.29) is 22.5 Å². The van der Waals surface area contributed by atoms with Crippen molar-refractivity contribution in [2.24, 2.45) is 22.7 Å². The average molecular weight is 194 g/mol. The van der Waals surface area contributed by atoms with Crippen molar-refractivity contribution in [3.63, 3.8) is 0 Å². The molecule has 2 atom stereocenters. The molecule has 14 heavy (non-hydrogen) atoms. The number of rotatable bonds is 0. The Kier molecular flexibility index (Phi) is 1.68. The highest BCUT2D eigenvalue weighted by molar-refractivity contribution is 6.01. The van der Waals surface area contributed by atoms with Crippen molar-refractivity contribution in [3.8, 4) is 0 Å². The van der Waals surface area contributed by atoms with E-state index in [1.54, 1.807) is 0 Å². The van der Waals surface area contributed by atoms with Gasteiger partial charge in [-0.05, 0) is 23.2 Å². The third-order valence-corrected chi connectivity index (χ3v) is 4.54. The summed E-state index contributed by atoms with van der Waals surface area (Å²) >= 11 is 0. The number of hydrogen-bond acceptors (Lipinski definition) is 2. The monoisotopic (exact) mass is 194 g/mol. The van der Waals surface area contributed by atoms with Gasteiger partial charge in [0.2, 0.25) is 0 Å². The Balaban J connectivity index is 2.48. The van der Waals surface area contributed by atoms with Crippen LogP contribution in [0.15, 0.2) is 11.8 Å². The molecule has 0 unspecified atom stereocenters. The van der Waals surface area contributed by atoms with E-state index in [1.165, 1.54) is 0 Å². The Morgan fingerprint density at radius 3 is 2.29 bits per heavy atom. The Hall–Kier alpha value is -0.790. The van der Waals surface area contributed by atoms with Gasteiger partial charge in [-0.15, -0.1) is 0 Å². The standard InChI is InChI=1S/C12H18O2/c1-11(2)7-5-9(11)12(3,4)8(6-13)10(7)14/h6-7,9,13H,5H2,1-4H3/b8-6+/t7-,9-/m1/s1. The quantitative estimate of drug-likeness (QED) is 0.475. The molecule has 0 aromatic heterocycles. The van der Waals surface area contributed by atoms with Crippen LogP contribution in [-0.2, 0) is 4.79 Å². The summed E-state index contributed by atoms with van der Waals surface area (Å²) in [5.74, 6) is 0.819. The molecule has 0 aliphatic heterocycles. The Morgan fingerprint density at radius 1 is 1.36 bits per heavy atom. The molecule has 1 N–H and O–H groups in total. The van der Waals surface area contributed by atoms with Crippen LogP contribution >= 0.6 is 0 Å². The number of aliphatic hydroxyl groups excluding tert-OH is 1. The molecule has 3 saturated carbocycles. The van der Waals surface area contributed by atoms with Crippen LogP contribution in [0.2, 0.25) is 0 Å². The molecular formula is C12H18O2. The van der Waals surface area contributed by atoms with Crippen LogP contribution in [0.5, 0.6) is 0 Å². The smallest absolute Gasteiger partial charge is 0.166 e. The number of ketones is 1. The van der Waals surface area contributed by atoms with Crippen LogP contribution in [0.3, 0.4) is 0 Å². The highest BCUT2D eigenvalue weighted by atomic mass is 16.2. The number of allylic oxidation sites excluding steroid dienone is 1. The van der Waals surface area contributed by atoms with E-state index in [2.05, 4.69) is 27.7 Å². The van der Waals surface area contributed by atoms with Crippen molar-refractivity contribution >= 4 is 5.78 Å². The lowest BCUT2D eigenvalue weighted by Crippen LogP contribution is -2.61. The van der Waals surface area contributed by atoms with Gasteiger partial charge in [-0.1, -0.05) is 27.7 Å². The zero-order valence-corrected chi connectivity index (χ0v) is 9.29. The lowest BCUT2D eigenvalue weighted by atomic mass is 9.40. The molecular weight excluding hydrogens is 176 g/mol. The van der Waals surface area contributed by atoms with E-state index in [0.717, 1.165) is 12.7 Å². The summed E-state index contributed by atoms with van der Waals surface area (Å²) < 4.78 is 0. The Morgan fingerprint density at radius 2 is 1.93 bits per heavy atom. The summed E-state index contributed by atoms with van der Waals surface area (Å²) in [5.41, 5.74) is 0.579. The van der Waals surface area contributed by atoms with Gasteiger partial charge >= 0.3 is 0 Å². The van der Waals surface area contributed by atoms with E-state index >= 15 is 0 Å². The van der Waals surface area contributed by atoms with Crippen LogP contribution in [0.1, 0.15) is 34.1 Å². The fourth-order valence-electron chi connectivity index (χ4n) is 3.52. The highest BCUT2D eigenvalue weighted by Gasteiger charge is 2.63. The minimum Gasteiger partial charge on any atom is -0.515 e. The molecule has 0 saturated heterocycles. The first-order valence-corrected chi connectivity index (χ1v) is 5.22. The summed E-state index contributed by atoms with van der Waals surface area (Å²) in [4.78, 5) is 12.0. The number of carbonyl (C=O) groups excluding carboxylic acids is 1. The Bertz CT molecular complexity index is 323. The molecule has 0 spiro atoms. The number of Topliss-reactive ketones (excluding diaryl/α,β-unsaturated/α-hetero) is 1. The molecule has 3 rings (SSSR count). The summed E-state index contributed by atoms with van der Waals surface area (Å²) in [6, 6.07) is 0. The van der Waals surface area contributed by atoms with Gasteiger partial charge in [-0.2, -0.15) is 0 Å². The number of aliphatic hydroxyl groups is 1. The van der Waals surface area contributed by atoms with E-state index in [0.29, 0.717) is 11.5 Å². The predicted octanol–water partition coefficient (Wildman–Crippen LogP) is 2.70. The molecule has 3 aliphatic carbocycles. The highest BCUT2D eigenvalue weighted by Crippen LogP contribution is 2.65. The molecule has 78 valence electrons. The van der Waals surface area contributed by atoms with Crippen molar-refractivity contribution in [1.29, 1.82) is 0 Å². The van der Waals surface area contributed by atoms with Crippen molar-refractivity contribution in [2.45, 2.75) is 34.1 Å². The van der Waals surface area contributed by atoms with Gasteiger partial charge in [0.15, 0.2) is 5.78 Å². The summed E-state index contributed by atoms with van der Waals surface area (Å²) in [6.07, 6.45) is 2.02. The molecule has 0 aromatic carbocycles. The summed E-state index contributed by atoms with van der Waals surface area (Å²) in [5, 5.41) is 9.12. The molecule has 2 heteroatoms. The predicted molar refractivity (Wildman–Crippen MR) is 54.9 cm³/mol. The maximum absolute atomic E-state index is 12.0. The second-order valence-electron chi connectivity index (χ2n) is 5.79. The second kappa shape index (κ2) is 2.41. The third kappa shape index (κ3) is 0.844. The number of fused-ring (bicyclic) bond motifs is 2. The summed E-state index contributed by atoms with van der Waals surface area (Å²) in [7, 11) is 0. The maximum atomic E-state index is 12.0. The molecule has 3 aliphatic rings. The van der Waals surface area contributed by atoms with Gasteiger partial charge in [-0.3, -0.25) is 4.79 Å². The van der Waals surface area contributed by atoms with E-state index in [9.17, 15) is 4.79 Å². The van der Waals surface area contributed by atoms with Crippen LogP contribution in [-0.4, -0.2) is 10.9 Å².